The van der Waals surface area contributed by atoms with E-state index >= 15 is 0 Å². The number of esters is 1. The third kappa shape index (κ3) is 4.41. The average Bonchev–Trinajstić information content (AvgIpc) is 2.97. The van der Waals surface area contributed by atoms with Gasteiger partial charge in [-0.25, -0.2) is 9.48 Å². The van der Waals surface area contributed by atoms with Crippen molar-refractivity contribution in [1.29, 1.82) is 0 Å². The lowest BCUT2D eigenvalue weighted by Crippen LogP contribution is -2.36. The number of nitrogens with zero attached hydrogens (tertiary/aromatic N) is 3. The highest BCUT2D eigenvalue weighted by molar-refractivity contribution is 8.00. The van der Waals surface area contributed by atoms with Crippen LogP contribution in [0.15, 0.2) is 58.2 Å². The van der Waals surface area contributed by atoms with E-state index in [9.17, 15) is 14.4 Å². The molecule has 0 N–H and O–H groups in total. The third-order valence-electron chi connectivity index (χ3n) is 5.37. The van der Waals surface area contributed by atoms with Gasteiger partial charge >= 0.3 is 5.97 Å². The van der Waals surface area contributed by atoms with Crippen LogP contribution in [0.3, 0.4) is 0 Å². The molecule has 0 bridgehead atoms. The molecule has 32 heavy (non-hydrogen) atoms. The van der Waals surface area contributed by atoms with E-state index in [0.29, 0.717) is 35.5 Å². The molecule has 7 nitrogen and oxygen atoms in total. The first kappa shape index (κ1) is 22.1. The van der Waals surface area contributed by atoms with E-state index in [2.05, 4.69) is 12.0 Å². The van der Waals surface area contributed by atoms with Gasteiger partial charge in [-0.2, -0.15) is 5.10 Å². The first-order valence-electron chi connectivity index (χ1n) is 10.7. The molecule has 1 atom stereocenters. The molecular formula is C24H25N3O4S. The fourth-order valence-electron chi connectivity index (χ4n) is 3.77. The molecule has 1 amide bonds. The van der Waals surface area contributed by atoms with Crippen LogP contribution in [0.2, 0.25) is 0 Å². The maximum absolute atomic E-state index is 13.0. The molecule has 0 aliphatic carbocycles. The number of aromatic nitrogens is 2. The molecule has 2 aromatic carbocycles. The zero-order valence-corrected chi connectivity index (χ0v) is 18.9. The van der Waals surface area contributed by atoms with E-state index in [1.807, 2.05) is 31.2 Å². The number of fused-ring (bicyclic) bond motifs is 2. The highest BCUT2D eigenvalue weighted by Crippen LogP contribution is 2.37. The van der Waals surface area contributed by atoms with Crippen LogP contribution in [0.25, 0.3) is 10.8 Å². The van der Waals surface area contributed by atoms with Crippen LogP contribution in [0.4, 0.5) is 5.69 Å². The molecule has 3 aromatic rings. The van der Waals surface area contributed by atoms with Crippen LogP contribution in [-0.2, 0) is 16.1 Å². The SMILES string of the molecule is CCCn1nc(C(=O)OCC(=O)N2CCC(C)Sc3ccccc32)c2ccccc2c1=O. The largest absolute Gasteiger partial charge is 0.451 e. The molecule has 0 saturated carbocycles. The Labute approximate surface area is 190 Å². The lowest BCUT2D eigenvalue weighted by atomic mass is 10.1. The van der Waals surface area contributed by atoms with Gasteiger partial charge in [-0.1, -0.05) is 44.2 Å². The number of aryl methyl sites for hydroxylation is 1. The van der Waals surface area contributed by atoms with Gasteiger partial charge in [0.1, 0.15) is 0 Å². The normalized spacial score (nSPS) is 15.8. The second-order valence-electron chi connectivity index (χ2n) is 7.73. The Morgan fingerprint density at radius 1 is 1.12 bits per heavy atom. The zero-order valence-electron chi connectivity index (χ0n) is 18.1. The molecule has 1 aromatic heterocycles. The first-order valence-corrected chi connectivity index (χ1v) is 11.6. The number of thioether (sulfide) groups is 1. The van der Waals surface area contributed by atoms with Crippen molar-refractivity contribution < 1.29 is 14.3 Å². The highest BCUT2D eigenvalue weighted by Gasteiger charge is 2.26. The van der Waals surface area contributed by atoms with Crippen molar-refractivity contribution in [2.45, 2.75) is 43.4 Å². The van der Waals surface area contributed by atoms with Crippen LogP contribution in [0, 0.1) is 0 Å². The molecule has 1 aliphatic rings. The van der Waals surface area contributed by atoms with E-state index in [0.717, 1.165) is 17.0 Å². The van der Waals surface area contributed by atoms with Crippen molar-refractivity contribution in [2.75, 3.05) is 18.1 Å². The summed E-state index contributed by atoms with van der Waals surface area (Å²) in [7, 11) is 0. The standard InChI is InChI=1S/C24H25N3O4S/c1-3-13-27-23(29)18-9-5-4-8-17(18)22(25-27)24(30)31-15-21(28)26-14-12-16(2)32-20-11-7-6-10-19(20)26/h4-11,16H,3,12-15H2,1-2H3. The Hall–Kier alpha value is -3.13. The number of amides is 1. The summed E-state index contributed by atoms with van der Waals surface area (Å²) in [6.45, 7) is 4.62. The van der Waals surface area contributed by atoms with Gasteiger partial charge in [-0.3, -0.25) is 9.59 Å². The van der Waals surface area contributed by atoms with Gasteiger partial charge < -0.3 is 9.64 Å². The minimum atomic E-state index is -0.717. The Bertz CT molecular complexity index is 1220. The van der Waals surface area contributed by atoms with Crippen LogP contribution >= 0.6 is 11.8 Å². The van der Waals surface area contributed by atoms with Crippen molar-refractivity contribution in [3.05, 3.63) is 64.6 Å². The number of para-hydroxylation sites is 1. The summed E-state index contributed by atoms with van der Waals surface area (Å²) in [4.78, 5) is 41.3. The Morgan fingerprint density at radius 3 is 2.62 bits per heavy atom. The number of rotatable bonds is 5. The van der Waals surface area contributed by atoms with E-state index in [1.54, 1.807) is 40.9 Å². The van der Waals surface area contributed by atoms with E-state index < -0.39 is 12.6 Å². The van der Waals surface area contributed by atoms with Gasteiger partial charge in [0.05, 0.1) is 11.1 Å². The van der Waals surface area contributed by atoms with Gasteiger partial charge in [-0.15, -0.1) is 11.8 Å². The molecule has 4 rings (SSSR count). The van der Waals surface area contributed by atoms with Crippen molar-refractivity contribution in [3.8, 4) is 0 Å². The molecule has 2 heterocycles. The Kier molecular flexibility index (Phi) is 6.60. The predicted molar refractivity (Wildman–Crippen MR) is 125 cm³/mol. The predicted octanol–water partition coefficient (Wildman–Crippen LogP) is 3.88. The van der Waals surface area contributed by atoms with Crippen LogP contribution in [-0.4, -0.2) is 40.1 Å². The number of carbonyl (C=O) groups excluding carboxylic acids is 2. The maximum Gasteiger partial charge on any atom is 0.359 e. The summed E-state index contributed by atoms with van der Waals surface area (Å²) in [6.07, 6.45) is 1.54. The lowest BCUT2D eigenvalue weighted by Gasteiger charge is -2.22. The van der Waals surface area contributed by atoms with Crippen molar-refractivity contribution in [2.24, 2.45) is 0 Å². The van der Waals surface area contributed by atoms with Gasteiger partial charge in [-0.05, 0) is 31.0 Å². The maximum atomic E-state index is 13.0. The summed E-state index contributed by atoms with van der Waals surface area (Å²) < 4.78 is 6.67. The van der Waals surface area contributed by atoms with Crippen molar-refractivity contribution in [3.63, 3.8) is 0 Å². The fourth-order valence-corrected chi connectivity index (χ4v) is 4.88. The Morgan fingerprint density at radius 2 is 1.84 bits per heavy atom. The minimum Gasteiger partial charge on any atom is -0.451 e. The summed E-state index contributed by atoms with van der Waals surface area (Å²) in [5.74, 6) is -1.00. The van der Waals surface area contributed by atoms with Gasteiger partial charge in [0.25, 0.3) is 11.5 Å². The minimum absolute atomic E-state index is 0.0434. The molecule has 0 saturated heterocycles. The fraction of sp³-hybridized carbons (Fsp3) is 0.333. The average molecular weight is 452 g/mol. The summed E-state index contributed by atoms with van der Waals surface area (Å²) in [6, 6.07) is 14.6. The van der Waals surface area contributed by atoms with E-state index in [1.165, 1.54) is 4.68 Å². The molecule has 0 fully saturated rings. The first-order chi connectivity index (χ1) is 15.5. The molecule has 166 valence electrons. The smallest absolute Gasteiger partial charge is 0.359 e. The van der Waals surface area contributed by atoms with Crippen LogP contribution in [0.5, 0.6) is 0 Å². The molecular weight excluding hydrogens is 426 g/mol. The van der Waals surface area contributed by atoms with Gasteiger partial charge in [0.2, 0.25) is 0 Å². The van der Waals surface area contributed by atoms with Crippen molar-refractivity contribution in [1.82, 2.24) is 9.78 Å². The number of ether oxygens (including phenoxy) is 1. The van der Waals surface area contributed by atoms with Crippen LogP contribution < -0.4 is 10.5 Å². The second kappa shape index (κ2) is 9.56. The molecule has 0 spiro atoms. The lowest BCUT2D eigenvalue weighted by molar-refractivity contribution is -0.121. The van der Waals surface area contributed by atoms with E-state index in [-0.39, 0.29) is 17.2 Å². The van der Waals surface area contributed by atoms with Crippen molar-refractivity contribution >= 4 is 40.1 Å². The van der Waals surface area contributed by atoms with Gasteiger partial charge in [0.15, 0.2) is 12.3 Å². The zero-order chi connectivity index (χ0) is 22.7. The van der Waals surface area contributed by atoms with E-state index in [4.69, 9.17) is 4.74 Å². The third-order valence-corrected chi connectivity index (χ3v) is 6.60. The Balaban J connectivity index is 1.57. The summed E-state index contributed by atoms with van der Waals surface area (Å²) in [5, 5.41) is 5.45. The topological polar surface area (TPSA) is 81.5 Å². The quantitative estimate of drug-likeness (QED) is 0.548. The second-order valence-corrected chi connectivity index (χ2v) is 9.21. The summed E-state index contributed by atoms with van der Waals surface area (Å²) in [5.41, 5.74) is 0.632. The number of hydrogen-bond acceptors (Lipinski definition) is 6. The monoisotopic (exact) mass is 451 g/mol. The number of carbonyl (C=O) groups is 2. The number of anilines is 1. The molecule has 8 heteroatoms. The highest BCUT2D eigenvalue weighted by atomic mass is 32.2. The molecule has 0 radical (unpaired) electrons. The van der Waals surface area contributed by atoms with Gasteiger partial charge in [0, 0.05) is 28.6 Å². The number of benzene rings is 2. The number of hydrogen-bond donors (Lipinski definition) is 0. The molecule has 1 aliphatic heterocycles. The van der Waals surface area contributed by atoms with Crippen LogP contribution in [0.1, 0.15) is 37.2 Å². The molecule has 1 unspecified atom stereocenters. The summed E-state index contributed by atoms with van der Waals surface area (Å²) >= 11 is 1.74.